The van der Waals surface area contributed by atoms with Crippen molar-refractivity contribution in [2.45, 2.75) is 44.8 Å². The molecule has 0 saturated heterocycles. The Balaban J connectivity index is 2.28. The number of aliphatic hydroxyl groups is 1. The molecule has 1 aliphatic carbocycles. The Morgan fingerprint density at radius 1 is 1.55 bits per heavy atom. The maximum absolute atomic E-state index is 10.6. The summed E-state index contributed by atoms with van der Waals surface area (Å²) in [6.07, 6.45) is 3.43. The van der Waals surface area contributed by atoms with Gasteiger partial charge in [0, 0.05) is 13.0 Å². The first-order valence-electron chi connectivity index (χ1n) is 4.13. The highest BCUT2D eigenvalue weighted by Gasteiger charge is 2.19. The van der Waals surface area contributed by atoms with Crippen LogP contribution in [-0.2, 0) is 4.79 Å². The van der Waals surface area contributed by atoms with Gasteiger partial charge in [0.15, 0.2) is 0 Å². The third-order valence-electron chi connectivity index (χ3n) is 2.05. The average molecular weight is 157 g/mol. The molecule has 2 atom stereocenters. The van der Waals surface area contributed by atoms with Crippen LogP contribution >= 0.6 is 0 Å². The summed E-state index contributed by atoms with van der Waals surface area (Å²) in [6, 6.07) is 0.205. The second-order valence-electron chi connectivity index (χ2n) is 3.22. The highest BCUT2D eigenvalue weighted by Crippen LogP contribution is 2.17. The largest absolute Gasteiger partial charge is 0.393 e. The summed E-state index contributed by atoms with van der Waals surface area (Å²) >= 11 is 0. The molecule has 0 bridgehead atoms. The zero-order valence-corrected chi connectivity index (χ0v) is 6.84. The number of nitrogens with one attached hydrogen (secondary N) is 1. The van der Waals surface area contributed by atoms with Gasteiger partial charge in [-0.05, 0) is 25.7 Å². The van der Waals surface area contributed by atoms with Gasteiger partial charge in [0.2, 0.25) is 5.91 Å². The van der Waals surface area contributed by atoms with E-state index in [4.69, 9.17) is 0 Å². The number of rotatable bonds is 1. The van der Waals surface area contributed by atoms with E-state index in [1.54, 1.807) is 0 Å². The molecular weight excluding hydrogens is 142 g/mol. The molecule has 0 radical (unpaired) electrons. The molecule has 1 fully saturated rings. The second kappa shape index (κ2) is 3.72. The Bertz CT molecular complexity index is 147. The summed E-state index contributed by atoms with van der Waals surface area (Å²) in [5, 5.41) is 12.1. The predicted molar refractivity (Wildman–Crippen MR) is 42.1 cm³/mol. The molecule has 1 amide bonds. The predicted octanol–water partition coefficient (Wildman–Crippen LogP) is 0.426. The van der Waals surface area contributed by atoms with E-state index in [2.05, 4.69) is 5.32 Å². The van der Waals surface area contributed by atoms with E-state index in [9.17, 15) is 9.90 Å². The Hall–Kier alpha value is -0.570. The molecule has 0 aromatic heterocycles. The first kappa shape index (κ1) is 8.53. The monoisotopic (exact) mass is 157 g/mol. The summed E-state index contributed by atoms with van der Waals surface area (Å²) in [5.74, 6) is 0.00380. The van der Waals surface area contributed by atoms with E-state index in [1.165, 1.54) is 6.92 Å². The van der Waals surface area contributed by atoms with Gasteiger partial charge in [-0.15, -0.1) is 0 Å². The molecule has 2 N–H and O–H groups in total. The highest BCUT2D eigenvalue weighted by molar-refractivity contribution is 5.73. The topological polar surface area (TPSA) is 49.3 Å². The zero-order valence-electron chi connectivity index (χ0n) is 6.84. The van der Waals surface area contributed by atoms with Crippen molar-refractivity contribution in [1.82, 2.24) is 5.32 Å². The molecule has 0 aromatic carbocycles. The second-order valence-corrected chi connectivity index (χ2v) is 3.22. The molecule has 1 aliphatic rings. The van der Waals surface area contributed by atoms with Gasteiger partial charge in [-0.3, -0.25) is 4.79 Å². The van der Waals surface area contributed by atoms with Crippen LogP contribution in [0.1, 0.15) is 32.6 Å². The van der Waals surface area contributed by atoms with Crippen LogP contribution in [0.25, 0.3) is 0 Å². The van der Waals surface area contributed by atoms with Gasteiger partial charge in [-0.25, -0.2) is 0 Å². The van der Waals surface area contributed by atoms with Crippen molar-refractivity contribution in [3.8, 4) is 0 Å². The van der Waals surface area contributed by atoms with Crippen LogP contribution in [0, 0.1) is 0 Å². The average Bonchev–Trinajstić information content (AvgIpc) is 1.85. The van der Waals surface area contributed by atoms with E-state index in [1.807, 2.05) is 0 Å². The van der Waals surface area contributed by atoms with Crippen LogP contribution in [0.5, 0.6) is 0 Å². The fourth-order valence-corrected chi connectivity index (χ4v) is 1.58. The molecule has 1 saturated carbocycles. The van der Waals surface area contributed by atoms with Crippen LogP contribution in [0.3, 0.4) is 0 Å². The minimum absolute atomic E-state index is 0.00380. The normalized spacial score (nSPS) is 31.5. The Labute approximate surface area is 66.8 Å². The smallest absolute Gasteiger partial charge is 0.217 e. The lowest BCUT2D eigenvalue weighted by Crippen LogP contribution is -2.38. The van der Waals surface area contributed by atoms with Crippen LogP contribution in [-0.4, -0.2) is 23.2 Å². The van der Waals surface area contributed by atoms with Crippen LogP contribution in [0.15, 0.2) is 0 Å². The summed E-state index contributed by atoms with van der Waals surface area (Å²) in [7, 11) is 0. The molecule has 3 heteroatoms. The molecule has 11 heavy (non-hydrogen) atoms. The van der Waals surface area contributed by atoms with E-state index >= 15 is 0 Å². The van der Waals surface area contributed by atoms with E-state index in [-0.39, 0.29) is 18.1 Å². The lowest BCUT2D eigenvalue weighted by Gasteiger charge is -2.25. The van der Waals surface area contributed by atoms with Gasteiger partial charge in [0.05, 0.1) is 6.10 Å². The molecule has 1 rings (SSSR count). The minimum Gasteiger partial charge on any atom is -0.393 e. The van der Waals surface area contributed by atoms with Gasteiger partial charge in [0.25, 0.3) is 0 Å². The Kier molecular flexibility index (Phi) is 2.88. The number of carbonyl (C=O) groups is 1. The van der Waals surface area contributed by atoms with Crippen molar-refractivity contribution in [2.24, 2.45) is 0 Å². The quantitative estimate of drug-likeness (QED) is 0.579. The lowest BCUT2D eigenvalue weighted by molar-refractivity contribution is -0.120. The minimum atomic E-state index is -0.208. The summed E-state index contributed by atoms with van der Waals surface area (Å²) in [5.41, 5.74) is 0. The standard InChI is InChI=1S/C8H15NO2/c1-6(10)9-7-3-2-4-8(11)5-7/h7-8,11H,2-5H2,1H3,(H,9,10)/t7-,8-/m1/s1. The zero-order chi connectivity index (χ0) is 8.27. The fraction of sp³-hybridized carbons (Fsp3) is 0.875. The van der Waals surface area contributed by atoms with Crippen molar-refractivity contribution < 1.29 is 9.90 Å². The Morgan fingerprint density at radius 3 is 2.82 bits per heavy atom. The maximum atomic E-state index is 10.6. The maximum Gasteiger partial charge on any atom is 0.217 e. The van der Waals surface area contributed by atoms with Gasteiger partial charge < -0.3 is 10.4 Å². The third-order valence-corrected chi connectivity index (χ3v) is 2.05. The molecule has 64 valence electrons. The molecule has 0 heterocycles. The van der Waals surface area contributed by atoms with Crippen molar-refractivity contribution >= 4 is 5.91 Å². The number of amides is 1. The molecule has 0 aliphatic heterocycles. The number of aliphatic hydroxyl groups excluding tert-OH is 1. The van der Waals surface area contributed by atoms with E-state index in [0.29, 0.717) is 0 Å². The van der Waals surface area contributed by atoms with Crippen LogP contribution in [0.4, 0.5) is 0 Å². The molecular formula is C8H15NO2. The van der Waals surface area contributed by atoms with Crippen molar-refractivity contribution in [1.29, 1.82) is 0 Å². The Morgan fingerprint density at radius 2 is 2.27 bits per heavy atom. The third kappa shape index (κ3) is 2.89. The fourth-order valence-electron chi connectivity index (χ4n) is 1.58. The molecule has 0 aromatic rings. The first-order chi connectivity index (χ1) is 5.18. The SMILES string of the molecule is CC(=O)N[C@@H]1CCC[C@@H](O)C1. The van der Waals surface area contributed by atoms with E-state index in [0.717, 1.165) is 25.7 Å². The summed E-state index contributed by atoms with van der Waals surface area (Å²) in [4.78, 5) is 10.6. The van der Waals surface area contributed by atoms with Crippen molar-refractivity contribution in [3.63, 3.8) is 0 Å². The number of hydrogen-bond acceptors (Lipinski definition) is 2. The number of carbonyl (C=O) groups excluding carboxylic acids is 1. The summed E-state index contributed by atoms with van der Waals surface area (Å²) in [6.45, 7) is 1.51. The van der Waals surface area contributed by atoms with E-state index < -0.39 is 0 Å². The first-order valence-corrected chi connectivity index (χ1v) is 4.13. The van der Waals surface area contributed by atoms with Crippen molar-refractivity contribution in [2.75, 3.05) is 0 Å². The highest BCUT2D eigenvalue weighted by atomic mass is 16.3. The lowest BCUT2D eigenvalue weighted by atomic mass is 9.93. The van der Waals surface area contributed by atoms with Crippen LogP contribution < -0.4 is 5.32 Å². The molecule has 0 unspecified atom stereocenters. The molecule has 3 nitrogen and oxygen atoms in total. The number of hydrogen-bond donors (Lipinski definition) is 2. The van der Waals surface area contributed by atoms with Crippen LogP contribution in [0.2, 0.25) is 0 Å². The van der Waals surface area contributed by atoms with Gasteiger partial charge in [-0.2, -0.15) is 0 Å². The molecule has 0 spiro atoms. The van der Waals surface area contributed by atoms with Gasteiger partial charge >= 0.3 is 0 Å². The van der Waals surface area contributed by atoms with Gasteiger partial charge in [0.1, 0.15) is 0 Å². The van der Waals surface area contributed by atoms with Crippen molar-refractivity contribution in [3.05, 3.63) is 0 Å². The van der Waals surface area contributed by atoms with Gasteiger partial charge in [-0.1, -0.05) is 0 Å². The summed E-state index contributed by atoms with van der Waals surface area (Å²) < 4.78 is 0.